The Balaban J connectivity index is 2.32. The van der Waals surface area contributed by atoms with E-state index < -0.39 is 17.5 Å². The number of carbonyl (C=O) groups is 1. The molecule has 0 saturated carbocycles. The highest BCUT2D eigenvalue weighted by molar-refractivity contribution is 6.12. The Hall–Kier alpha value is -2.50. The van der Waals surface area contributed by atoms with Crippen molar-refractivity contribution in [2.75, 3.05) is 12.8 Å². The number of ether oxygens (including phenoxy) is 1. The van der Waals surface area contributed by atoms with Gasteiger partial charge in [0.05, 0.1) is 12.7 Å². The van der Waals surface area contributed by atoms with E-state index in [-0.39, 0.29) is 16.8 Å². The molecule has 0 aliphatic heterocycles. The Morgan fingerprint density at radius 3 is 2.19 bits per heavy atom. The fourth-order valence-corrected chi connectivity index (χ4v) is 1.84. The van der Waals surface area contributed by atoms with E-state index >= 15 is 0 Å². The van der Waals surface area contributed by atoms with Crippen molar-refractivity contribution >= 4 is 11.5 Å². The predicted molar refractivity (Wildman–Crippen MR) is 72.3 cm³/mol. The van der Waals surface area contributed by atoms with Crippen LogP contribution in [0.15, 0.2) is 42.5 Å². The van der Waals surface area contributed by atoms with Gasteiger partial charge >= 0.3 is 6.18 Å². The number of alkyl halides is 3. The Kier molecular flexibility index (Phi) is 3.88. The third-order valence-electron chi connectivity index (χ3n) is 2.98. The summed E-state index contributed by atoms with van der Waals surface area (Å²) in [6.45, 7) is 0. The largest absolute Gasteiger partial charge is 0.497 e. The average molecular weight is 295 g/mol. The Labute approximate surface area is 119 Å². The standard InChI is InChI=1S/C15H12F3NO2/c1-21-11-6-7-12(13(19)8-11)14(20)9-2-4-10(5-3-9)15(16,17)18/h2-8H,19H2,1H3. The highest BCUT2D eigenvalue weighted by Crippen LogP contribution is 2.30. The van der Waals surface area contributed by atoms with Gasteiger partial charge in [0.25, 0.3) is 0 Å². The minimum Gasteiger partial charge on any atom is -0.497 e. The molecular formula is C15H12F3NO2. The molecule has 0 saturated heterocycles. The molecule has 2 rings (SSSR count). The highest BCUT2D eigenvalue weighted by atomic mass is 19.4. The number of hydrogen-bond acceptors (Lipinski definition) is 3. The van der Waals surface area contributed by atoms with Crippen molar-refractivity contribution in [2.45, 2.75) is 6.18 Å². The molecule has 3 nitrogen and oxygen atoms in total. The molecule has 0 amide bonds. The lowest BCUT2D eigenvalue weighted by Crippen LogP contribution is -2.08. The zero-order valence-corrected chi connectivity index (χ0v) is 11.1. The summed E-state index contributed by atoms with van der Waals surface area (Å²) in [5, 5.41) is 0. The number of ketones is 1. The second-order valence-corrected chi connectivity index (χ2v) is 4.36. The Morgan fingerprint density at radius 2 is 1.71 bits per heavy atom. The maximum Gasteiger partial charge on any atom is 0.416 e. The molecule has 2 aromatic carbocycles. The van der Waals surface area contributed by atoms with Crippen molar-refractivity contribution in [3.05, 3.63) is 59.2 Å². The number of rotatable bonds is 3. The zero-order valence-electron chi connectivity index (χ0n) is 11.1. The summed E-state index contributed by atoms with van der Waals surface area (Å²) in [6.07, 6.45) is -4.43. The third-order valence-corrected chi connectivity index (χ3v) is 2.98. The number of carbonyl (C=O) groups excluding carboxylic acids is 1. The molecule has 0 fully saturated rings. The summed E-state index contributed by atoms with van der Waals surface area (Å²) >= 11 is 0. The van der Waals surface area contributed by atoms with Crippen LogP contribution in [0.4, 0.5) is 18.9 Å². The first-order valence-corrected chi connectivity index (χ1v) is 5.98. The first-order chi connectivity index (χ1) is 9.82. The van der Waals surface area contributed by atoms with E-state index in [9.17, 15) is 18.0 Å². The van der Waals surface area contributed by atoms with Crippen LogP contribution in [-0.2, 0) is 6.18 Å². The molecule has 0 heterocycles. The van der Waals surface area contributed by atoms with Gasteiger partial charge in [0.2, 0.25) is 0 Å². The normalized spacial score (nSPS) is 11.2. The van der Waals surface area contributed by atoms with Gasteiger partial charge < -0.3 is 10.5 Å². The quantitative estimate of drug-likeness (QED) is 0.696. The molecule has 110 valence electrons. The van der Waals surface area contributed by atoms with E-state index in [4.69, 9.17) is 10.5 Å². The van der Waals surface area contributed by atoms with Crippen LogP contribution >= 0.6 is 0 Å². The van der Waals surface area contributed by atoms with Gasteiger partial charge in [0.15, 0.2) is 5.78 Å². The van der Waals surface area contributed by atoms with Crippen LogP contribution in [0.5, 0.6) is 5.75 Å². The van der Waals surface area contributed by atoms with E-state index in [0.717, 1.165) is 24.3 Å². The molecule has 0 radical (unpaired) electrons. The molecule has 0 unspecified atom stereocenters. The summed E-state index contributed by atoms with van der Waals surface area (Å²) in [4.78, 5) is 12.2. The summed E-state index contributed by atoms with van der Waals surface area (Å²) in [6, 6.07) is 8.53. The summed E-state index contributed by atoms with van der Waals surface area (Å²) < 4.78 is 42.4. The van der Waals surface area contributed by atoms with Crippen molar-refractivity contribution in [1.82, 2.24) is 0 Å². The average Bonchev–Trinajstić information content (AvgIpc) is 2.45. The van der Waals surface area contributed by atoms with Crippen molar-refractivity contribution < 1.29 is 22.7 Å². The van der Waals surface area contributed by atoms with Gasteiger partial charge in [-0.3, -0.25) is 4.79 Å². The van der Waals surface area contributed by atoms with Crippen LogP contribution in [0.25, 0.3) is 0 Å². The first kappa shape index (κ1) is 14.9. The highest BCUT2D eigenvalue weighted by Gasteiger charge is 2.30. The molecular weight excluding hydrogens is 283 g/mol. The lowest BCUT2D eigenvalue weighted by Gasteiger charge is -2.09. The fraction of sp³-hybridized carbons (Fsp3) is 0.133. The summed E-state index contributed by atoms with van der Waals surface area (Å²) in [5.41, 5.74) is 5.51. The number of benzene rings is 2. The predicted octanol–water partition coefficient (Wildman–Crippen LogP) is 3.53. The Morgan fingerprint density at radius 1 is 1.10 bits per heavy atom. The molecule has 0 bridgehead atoms. The molecule has 0 aliphatic carbocycles. The Bertz CT molecular complexity index is 664. The zero-order chi connectivity index (χ0) is 15.6. The number of methoxy groups -OCH3 is 1. The van der Waals surface area contributed by atoms with E-state index in [1.807, 2.05) is 0 Å². The lowest BCUT2D eigenvalue weighted by atomic mass is 10.0. The van der Waals surface area contributed by atoms with Gasteiger partial charge in [-0.15, -0.1) is 0 Å². The van der Waals surface area contributed by atoms with E-state index in [1.165, 1.54) is 19.2 Å². The van der Waals surface area contributed by atoms with Gasteiger partial charge in [0.1, 0.15) is 5.75 Å². The second-order valence-electron chi connectivity index (χ2n) is 4.36. The van der Waals surface area contributed by atoms with Crippen molar-refractivity contribution in [2.24, 2.45) is 0 Å². The van der Waals surface area contributed by atoms with Crippen LogP contribution in [0.2, 0.25) is 0 Å². The maximum absolute atomic E-state index is 12.5. The number of hydrogen-bond donors (Lipinski definition) is 1. The second kappa shape index (κ2) is 5.47. The molecule has 6 heteroatoms. The molecule has 0 spiro atoms. The third kappa shape index (κ3) is 3.16. The number of halogens is 3. The molecule has 21 heavy (non-hydrogen) atoms. The van der Waals surface area contributed by atoms with Crippen molar-refractivity contribution in [3.63, 3.8) is 0 Å². The minimum atomic E-state index is -4.43. The van der Waals surface area contributed by atoms with Gasteiger partial charge in [0, 0.05) is 22.9 Å². The van der Waals surface area contributed by atoms with E-state index in [2.05, 4.69) is 0 Å². The van der Waals surface area contributed by atoms with Gasteiger partial charge in [-0.05, 0) is 24.3 Å². The van der Waals surface area contributed by atoms with Gasteiger partial charge in [-0.1, -0.05) is 12.1 Å². The fourth-order valence-electron chi connectivity index (χ4n) is 1.84. The van der Waals surface area contributed by atoms with Crippen LogP contribution in [0.3, 0.4) is 0 Å². The van der Waals surface area contributed by atoms with Crippen LogP contribution < -0.4 is 10.5 Å². The van der Waals surface area contributed by atoms with Gasteiger partial charge in [-0.2, -0.15) is 13.2 Å². The smallest absolute Gasteiger partial charge is 0.416 e. The topological polar surface area (TPSA) is 52.3 Å². The van der Waals surface area contributed by atoms with Crippen molar-refractivity contribution in [3.8, 4) is 5.75 Å². The number of nitrogen functional groups attached to an aromatic ring is 1. The molecule has 0 atom stereocenters. The number of nitrogens with two attached hydrogens (primary N) is 1. The van der Waals surface area contributed by atoms with E-state index in [1.54, 1.807) is 6.07 Å². The van der Waals surface area contributed by atoms with Crippen molar-refractivity contribution in [1.29, 1.82) is 0 Å². The van der Waals surface area contributed by atoms with Crippen LogP contribution in [0.1, 0.15) is 21.5 Å². The molecule has 2 N–H and O–H groups in total. The monoisotopic (exact) mass is 295 g/mol. The SMILES string of the molecule is COc1ccc(C(=O)c2ccc(C(F)(F)F)cc2)c(N)c1. The minimum absolute atomic E-state index is 0.139. The lowest BCUT2D eigenvalue weighted by molar-refractivity contribution is -0.137. The first-order valence-electron chi connectivity index (χ1n) is 5.98. The number of anilines is 1. The van der Waals surface area contributed by atoms with E-state index in [0.29, 0.717) is 5.75 Å². The molecule has 0 aromatic heterocycles. The van der Waals surface area contributed by atoms with Gasteiger partial charge in [-0.25, -0.2) is 0 Å². The summed E-state index contributed by atoms with van der Waals surface area (Å²) in [5.74, 6) is 0.0559. The molecule has 0 aliphatic rings. The maximum atomic E-state index is 12.5. The molecule has 2 aromatic rings. The van der Waals surface area contributed by atoms with Crippen LogP contribution in [0, 0.1) is 0 Å². The van der Waals surface area contributed by atoms with Crippen LogP contribution in [-0.4, -0.2) is 12.9 Å². The summed E-state index contributed by atoms with van der Waals surface area (Å²) in [7, 11) is 1.46.